The molecular weight excluding hydrogens is 365 g/mol. The summed E-state index contributed by atoms with van der Waals surface area (Å²) in [7, 11) is 0. The van der Waals surface area contributed by atoms with E-state index in [4.69, 9.17) is 4.74 Å². The van der Waals surface area contributed by atoms with Crippen LogP contribution < -0.4 is 10.1 Å². The van der Waals surface area contributed by atoms with Crippen LogP contribution in [0.1, 0.15) is 6.92 Å². The molecule has 4 rings (SSSR count). The molecule has 27 heavy (non-hydrogen) atoms. The molecule has 0 spiro atoms. The molecule has 1 N–H and O–H groups in total. The molecule has 4 aromatic rings. The molecule has 0 aliphatic carbocycles. The van der Waals surface area contributed by atoms with Gasteiger partial charge in [-0.15, -0.1) is 11.3 Å². The number of carbonyl (C=O) groups is 1. The van der Waals surface area contributed by atoms with Crippen molar-refractivity contribution in [1.82, 2.24) is 9.38 Å². The number of aromatic nitrogens is 2. The molecule has 1 amide bonds. The van der Waals surface area contributed by atoms with E-state index in [1.54, 1.807) is 24.3 Å². The van der Waals surface area contributed by atoms with Crippen molar-refractivity contribution in [2.75, 3.05) is 5.32 Å². The van der Waals surface area contributed by atoms with Gasteiger partial charge >= 0.3 is 0 Å². The molecule has 0 aliphatic rings. The lowest BCUT2D eigenvalue weighted by atomic mass is 10.1. The second kappa shape index (κ2) is 7.20. The molecule has 0 radical (unpaired) electrons. The van der Waals surface area contributed by atoms with Crippen LogP contribution in [0, 0.1) is 5.82 Å². The molecule has 1 atom stereocenters. The normalized spacial score (nSPS) is 12.1. The summed E-state index contributed by atoms with van der Waals surface area (Å²) in [6.45, 7) is 1.62. The van der Waals surface area contributed by atoms with E-state index in [1.165, 1.54) is 18.2 Å². The number of nitrogens with zero attached hydrogens (tertiary/aromatic N) is 2. The topological polar surface area (TPSA) is 55.6 Å². The molecule has 0 bridgehead atoms. The third kappa shape index (κ3) is 3.68. The Kier molecular flexibility index (Phi) is 4.60. The Morgan fingerprint density at radius 1 is 1.26 bits per heavy atom. The van der Waals surface area contributed by atoms with E-state index in [-0.39, 0.29) is 5.91 Å². The summed E-state index contributed by atoms with van der Waals surface area (Å²) in [5, 5.41) is 4.84. The van der Waals surface area contributed by atoms with Gasteiger partial charge in [0.15, 0.2) is 11.1 Å². The smallest absolute Gasteiger partial charge is 0.265 e. The number of imidazole rings is 1. The van der Waals surface area contributed by atoms with Gasteiger partial charge in [-0.1, -0.05) is 24.3 Å². The van der Waals surface area contributed by atoms with E-state index in [0.717, 1.165) is 16.2 Å². The quantitative estimate of drug-likeness (QED) is 0.549. The van der Waals surface area contributed by atoms with Crippen molar-refractivity contribution >= 4 is 27.9 Å². The zero-order valence-electron chi connectivity index (χ0n) is 14.4. The van der Waals surface area contributed by atoms with Crippen molar-refractivity contribution in [3.63, 3.8) is 0 Å². The van der Waals surface area contributed by atoms with Crippen molar-refractivity contribution in [3.05, 3.63) is 72.1 Å². The zero-order chi connectivity index (χ0) is 18.8. The van der Waals surface area contributed by atoms with Crippen molar-refractivity contribution < 1.29 is 13.9 Å². The second-order valence-electron chi connectivity index (χ2n) is 5.97. The molecule has 2 aromatic carbocycles. The average molecular weight is 381 g/mol. The maximum absolute atomic E-state index is 13.3. The van der Waals surface area contributed by atoms with Crippen LogP contribution in [-0.2, 0) is 4.79 Å². The summed E-state index contributed by atoms with van der Waals surface area (Å²) in [6.07, 6.45) is 3.07. The van der Waals surface area contributed by atoms with Gasteiger partial charge in [0.2, 0.25) is 0 Å². The highest BCUT2D eigenvalue weighted by Crippen LogP contribution is 2.28. The number of benzene rings is 2. The average Bonchev–Trinajstić information content (AvgIpc) is 3.24. The van der Waals surface area contributed by atoms with Crippen LogP contribution in [0.15, 0.2) is 66.3 Å². The number of hydrogen-bond acceptors (Lipinski definition) is 4. The van der Waals surface area contributed by atoms with Crippen LogP contribution in [0.4, 0.5) is 10.1 Å². The Morgan fingerprint density at radius 3 is 2.93 bits per heavy atom. The fourth-order valence-electron chi connectivity index (χ4n) is 2.71. The summed E-state index contributed by atoms with van der Waals surface area (Å²) in [4.78, 5) is 18.0. The number of hydrogen-bond donors (Lipinski definition) is 1. The third-order valence-corrected chi connectivity index (χ3v) is 4.80. The zero-order valence-corrected chi connectivity index (χ0v) is 15.2. The van der Waals surface area contributed by atoms with Crippen LogP contribution in [0.5, 0.6) is 5.75 Å². The van der Waals surface area contributed by atoms with Gasteiger partial charge in [-0.25, -0.2) is 9.37 Å². The van der Waals surface area contributed by atoms with Crippen molar-refractivity contribution in [1.29, 1.82) is 0 Å². The van der Waals surface area contributed by atoms with E-state index in [1.807, 2.05) is 46.4 Å². The Labute approximate surface area is 159 Å². The fraction of sp³-hybridized carbons (Fsp3) is 0.100. The minimum Gasteiger partial charge on any atom is -0.481 e. The van der Waals surface area contributed by atoms with Crippen molar-refractivity contribution in [2.24, 2.45) is 0 Å². The summed E-state index contributed by atoms with van der Waals surface area (Å²) in [5.41, 5.74) is 2.24. The highest BCUT2D eigenvalue weighted by molar-refractivity contribution is 7.15. The first kappa shape index (κ1) is 17.2. The number of para-hydroxylation sites is 1. The first-order chi connectivity index (χ1) is 13.1. The number of ether oxygens (including phenoxy) is 1. The maximum atomic E-state index is 13.3. The summed E-state index contributed by atoms with van der Waals surface area (Å²) < 4.78 is 20.8. The largest absolute Gasteiger partial charge is 0.481 e. The predicted octanol–water partition coefficient (Wildman–Crippen LogP) is 4.61. The van der Waals surface area contributed by atoms with Gasteiger partial charge in [0.25, 0.3) is 5.91 Å². The molecule has 2 aromatic heterocycles. The summed E-state index contributed by atoms with van der Waals surface area (Å²) in [6, 6.07) is 13.2. The molecule has 0 aliphatic heterocycles. The lowest BCUT2D eigenvalue weighted by Crippen LogP contribution is -2.30. The molecule has 1 unspecified atom stereocenters. The molecule has 0 saturated heterocycles. The molecular formula is C20H16FN3O2S. The number of amides is 1. The second-order valence-corrected chi connectivity index (χ2v) is 6.84. The van der Waals surface area contributed by atoms with Crippen LogP contribution >= 0.6 is 11.3 Å². The number of rotatable bonds is 5. The highest BCUT2D eigenvalue weighted by atomic mass is 32.1. The predicted molar refractivity (Wildman–Crippen MR) is 104 cm³/mol. The van der Waals surface area contributed by atoms with E-state index in [0.29, 0.717) is 11.4 Å². The Morgan fingerprint density at radius 2 is 2.11 bits per heavy atom. The number of anilines is 1. The van der Waals surface area contributed by atoms with Crippen LogP contribution in [0.2, 0.25) is 0 Å². The molecule has 0 fully saturated rings. The number of carbonyl (C=O) groups excluding carboxylic acids is 1. The summed E-state index contributed by atoms with van der Waals surface area (Å²) >= 11 is 1.54. The first-order valence-electron chi connectivity index (χ1n) is 8.35. The molecule has 2 heterocycles. The van der Waals surface area contributed by atoms with Crippen LogP contribution in [-0.4, -0.2) is 21.4 Å². The fourth-order valence-corrected chi connectivity index (χ4v) is 3.41. The van der Waals surface area contributed by atoms with Gasteiger partial charge < -0.3 is 10.1 Å². The number of fused-ring (bicyclic) bond motifs is 1. The number of nitrogens with one attached hydrogen (secondary N) is 1. The lowest BCUT2D eigenvalue weighted by molar-refractivity contribution is -0.122. The van der Waals surface area contributed by atoms with E-state index >= 15 is 0 Å². The molecule has 7 heteroatoms. The van der Waals surface area contributed by atoms with Gasteiger partial charge in [0.1, 0.15) is 11.6 Å². The van der Waals surface area contributed by atoms with Gasteiger partial charge in [-0.3, -0.25) is 9.20 Å². The van der Waals surface area contributed by atoms with Gasteiger partial charge in [0, 0.05) is 29.4 Å². The van der Waals surface area contributed by atoms with Crippen LogP contribution in [0.3, 0.4) is 0 Å². The van der Waals surface area contributed by atoms with E-state index < -0.39 is 11.9 Å². The standard InChI is InChI=1S/C20H16FN3O2S/c1-13(26-15-6-4-5-14(21)11-15)19(25)22-17-8-3-2-7-16(17)18-12-24-9-10-27-20(24)23-18/h2-13H,1H3,(H,22,25). The minimum absolute atomic E-state index is 0.306. The monoisotopic (exact) mass is 381 g/mol. The minimum atomic E-state index is -0.787. The summed E-state index contributed by atoms with van der Waals surface area (Å²) in [5.74, 6) is -0.432. The SMILES string of the molecule is CC(Oc1cccc(F)c1)C(=O)Nc1ccccc1-c1cn2ccsc2n1. The van der Waals surface area contributed by atoms with Crippen LogP contribution in [0.25, 0.3) is 16.2 Å². The first-order valence-corrected chi connectivity index (χ1v) is 9.23. The molecule has 136 valence electrons. The Balaban J connectivity index is 1.53. The Hall–Kier alpha value is -3.19. The van der Waals surface area contributed by atoms with Crippen molar-refractivity contribution in [2.45, 2.75) is 13.0 Å². The van der Waals surface area contributed by atoms with E-state index in [2.05, 4.69) is 10.3 Å². The van der Waals surface area contributed by atoms with Gasteiger partial charge in [-0.05, 0) is 25.1 Å². The molecule has 0 saturated carbocycles. The van der Waals surface area contributed by atoms with Gasteiger partial charge in [0.05, 0.1) is 11.4 Å². The lowest BCUT2D eigenvalue weighted by Gasteiger charge is -2.16. The highest BCUT2D eigenvalue weighted by Gasteiger charge is 2.18. The molecule has 5 nitrogen and oxygen atoms in total. The number of thiazole rings is 1. The number of halogens is 1. The van der Waals surface area contributed by atoms with Gasteiger partial charge in [-0.2, -0.15) is 0 Å². The third-order valence-electron chi connectivity index (χ3n) is 4.03. The van der Waals surface area contributed by atoms with E-state index in [9.17, 15) is 9.18 Å². The van der Waals surface area contributed by atoms with Crippen molar-refractivity contribution in [3.8, 4) is 17.0 Å². The Bertz CT molecular complexity index is 1080. The maximum Gasteiger partial charge on any atom is 0.265 e.